The van der Waals surface area contributed by atoms with Gasteiger partial charge < -0.3 is 0 Å². The maximum Gasteiger partial charge on any atom is 0.130 e. The fourth-order valence-electron chi connectivity index (χ4n) is 0.737. The van der Waals surface area contributed by atoms with E-state index in [9.17, 15) is 4.39 Å². The molecule has 0 bridgehead atoms. The van der Waals surface area contributed by atoms with Gasteiger partial charge >= 0.3 is 0 Å². The van der Waals surface area contributed by atoms with Crippen molar-refractivity contribution in [1.82, 2.24) is 0 Å². The molecule has 1 radical (unpaired) electrons. The molecule has 0 aromatic heterocycles. The summed E-state index contributed by atoms with van der Waals surface area (Å²) in [7, 11) is 0. The van der Waals surface area contributed by atoms with Gasteiger partial charge in [-0.05, 0) is 13.0 Å². The lowest BCUT2D eigenvalue weighted by Gasteiger charge is -1.92. The van der Waals surface area contributed by atoms with Gasteiger partial charge in [-0.3, -0.25) is 0 Å². The molecule has 0 aliphatic rings. The molecule has 0 aliphatic heterocycles. The number of allylic oxidation sites excluding steroid dienone is 1. The third-order valence-electron chi connectivity index (χ3n) is 1.20. The highest BCUT2D eigenvalue weighted by molar-refractivity contribution is 5.49. The third kappa shape index (κ3) is 1.44. The summed E-state index contributed by atoms with van der Waals surface area (Å²) < 4.78 is 12.7. The minimum Gasteiger partial charge on any atom is -0.206 e. The van der Waals surface area contributed by atoms with E-state index in [0.717, 1.165) is 0 Å². The number of benzene rings is 1. The minimum absolute atomic E-state index is 0.206. The zero-order valence-corrected chi connectivity index (χ0v) is 5.55. The number of rotatable bonds is 1. The summed E-state index contributed by atoms with van der Waals surface area (Å²) in [6, 6.07) is 6.58. The Morgan fingerprint density at radius 1 is 1.30 bits per heavy atom. The van der Waals surface area contributed by atoms with Crippen LogP contribution in [0.5, 0.6) is 0 Å². The van der Waals surface area contributed by atoms with Crippen LogP contribution in [-0.4, -0.2) is 0 Å². The molecule has 0 aliphatic carbocycles. The van der Waals surface area contributed by atoms with Crippen LogP contribution in [0.3, 0.4) is 0 Å². The highest BCUT2D eigenvalue weighted by Crippen LogP contribution is 2.07. The maximum atomic E-state index is 12.7. The Kier molecular flexibility index (Phi) is 2.21. The van der Waals surface area contributed by atoms with Crippen molar-refractivity contribution in [3.63, 3.8) is 0 Å². The molecule has 1 rings (SSSR count). The predicted octanol–water partition coefficient (Wildman–Crippen LogP) is 2.67. The van der Waals surface area contributed by atoms with Gasteiger partial charge in [0.15, 0.2) is 0 Å². The average Bonchev–Trinajstić information content (AvgIpc) is 1.94. The summed E-state index contributed by atoms with van der Waals surface area (Å²) in [4.78, 5) is 0. The fourth-order valence-corrected chi connectivity index (χ4v) is 0.737. The van der Waals surface area contributed by atoms with Crippen LogP contribution in [0.1, 0.15) is 5.56 Å². The largest absolute Gasteiger partial charge is 0.206 e. The van der Waals surface area contributed by atoms with E-state index in [2.05, 4.69) is 6.92 Å². The molecule has 0 spiro atoms. The van der Waals surface area contributed by atoms with Crippen molar-refractivity contribution in [3.8, 4) is 0 Å². The first kappa shape index (κ1) is 7.00. The molecular formula is C9H8F. The number of hydrogen-bond acceptors (Lipinski definition) is 0. The summed E-state index contributed by atoms with van der Waals surface area (Å²) in [6.45, 7) is 3.47. The lowest BCUT2D eigenvalue weighted by Crippen LogP contribution is -1.77. The SMILES string of the molecule is [CH2]C=Cc1ccccc1F. The highest BCUT2D eigenvalue weighted by atomic mass is 19.1. The van der Waals surface area contributed by atoms with Crippen molar-refractivity contribution >= 4 is 6.08 Å². The molecular weight excluding hydrogens is 127 g/mol. The molecule has 0 atom stereocenters. The van der Waals surface area contributed by atoms with Crippen molar-refractivity contribution in [3.05, 3.63) is 48.6 Å². The maximum absolute atomic E-state index is 12.7. The van der Waals surface area contributed by atoms with Gasteiger partial charge in [0.25, 0.3) is 0 Å². The Morgan fingerprint density at radius 3 is 2.60 bits per heavy atom. The van der Waals surface area contributed by atoms with Gasteiger partial charge in [0, 0.05) is 5.56 Å². The molecule has 0 unspecified atom stereocenters. The predicted molar refractivity (Wildman–Crippen MR) is 40.8 cm³/mol. The zero-order valence-electron chi connectivity index (χ0n) is 5.55. The molecule has 0 N–H and O–H groups in total. The van der Waals surface area contributed by atoms with Crippen LogP contribution in [0.4, 0.5) is 4.39 Å². The van der Waals surface area contributed by atoms with Gasteiger partial charge in [-0.2, -0.15) is 0 Å². The van der Waals surface area contributed by atoms with Crippen LogP contribution in [0.2, 0.25) is 0 Å². The first-order valence-corrected chi connectivity index (χ1v) is 3.05. The van der Waals surface area contributed by atoms with Crippen LogP contribution in [0.25, 0.3) is 6.08 Å². The Hall–Kier alpha value is -1.11. The van der Waals surface area contributed by atoms with Crippen LogP contribution in [0.15, 0.2) is 30.3 Å². The van der Waals surface area contributed by atoms with Crippen molar-refractivity contribution < 1.29 is 4.39 Å². The van der Waals surface area contributed by atoms with Crippen molar-refractivity contribution in [2.24, 2.45) is 0 Å². The van der Waals surface area contributed by atoms with Crippen LogP contribution >= 0.6 is 0 Å². The first-order chi connectivity index (χ1) is 4.84. The first-order valence-electron chi connectivity index (χ1n) is 3.05. The summed E-state index contributed by atoms with van der Waals surface area (Å²) in [5.74, 6) is -0.206. The molecule has 0 heterocycles. The van der Waals surface area contributed by atoms with Gasteiger partial charge in [0.2, 0.25) is 0 Å². The van der Waals surface area contributed by atoms with E-state index in [1.54, 1.807) is 30.4 Å². The normalized spacial score (nSPS) is 10.6. The molecule has 0 saturated carbocycles. The molecule has 0 amide bonds. The van der Waals surface area contributed by atoms with Crippen molar-refractivity contribution in [1.29, 1.82) is 0 Å². The fraction of sp³-hybridized carbons (Fsp3) is 0. The molecule has 1 aromatic rings. The Bertz CT molecular complexity index is 238. The van der Waals surface area contributed by atoms with Gasteiger partial charge in [-0.1, -0.05) is 30.4 Å². The monoisotopic (exact) mass is 135 g/mol. The molecule has 51 valence electrons. The summed E-state index contributed by atoms with van der Waals surface area (Å²) >= 11 is 0. The number of hydrogen-bond donors (Lipinski definition) is 0. The molecule has 0 fully saturated rings. The van der Waals surface area contributed by atoms with E-state index >= 15 is 0 Å². The number of halogens is 1. The summed E-state index contributed by atoms with van der Waals surface area (Å²) in [6.07, 6.45) is 3.20. The van der Waals surface area contributed by atoms with Gasteiger partial charge in [-0.15, -0.1) is 0 Å². The highest BCUT2D eigenvalue weighted by Gasteiger charge is 1.92. The average molecular weight is 135 g/mol. The van der Waals surface area contributed by atoms with Crippen molar-refractivity contribution in [2.75, 3.05) is 0 Å². The van der Waals surface area contributed by atoms with E-state index in [-0.39, 0.29) is 5.82 Å². The van der Waals surface area contributed by atoms with E-state index in [1.165, 1.54) is 6.07 Å². The standard InChI is InChI=1S/C9H8F/c1-2-5-8-6-3-4-7-9(8)10/h2-7H,1H2. The van der Waals surface area contributed by atoms with E-state index in [1.807, 2.05) is 0 Å². The summed E-state index contributed by atoms with van der Waals surface area (Å²) in [5.41, 5.74) is 0.581. The minimum atomic E-state index is -0.206. The van der Waals surface area contributed by atoms with Crippen LogP contribution in [-0.2, 0) is 0 Å². The van der Waals surface area contributed by atoms with Gasteiger partial charge in [0.1, 0.15) is 5.82 Å². The van der Waals surface area contributed by atoms with Gasteiger partial charge in [0.05, 0.1) is 0 Å². The smallest absolute Gasteiger partial charge is 0.130 e. The van der Waals surface area contributed by atoms with Crippen LogP contribution < -0.4 is 0 Å². The molecule has 0 saturated heterocycles. The molecule has 1 heteroatoms. The zero-order chi connectivity index (χ0) is 7.40. The molecule has 10 heavy (non-hydrogen) atoms. The second kappa shape index (κ2) is 3.16. The second-order valence-electron chi connectivity index (χ2n) is 1.92. The van der Waals surface area contributed by atoms with Gasteiger partial charge in [-0.25, -0.2) is 4.39 Å². The molecule has 1 aromatic carbocycles. The third-order valence-corrected chi connectivity index (χ3v) is 1.20. The Labute approximate surface area is 60.0 Å². The second-order valence-corrected chi connectivity index (χ2v) is 1.92. The van der Waals surface area contributed by atoms with E-state index in [0.29, 0.717) is 5.56 Å². The lowest BCUT2D eigenvalue weighted by molar-refractivity contribution is 0.625. The lowest BCUT2D eigenvalue weighted by atomic mass is 10.2. The Morgan fingerprint density at radius 2 is 2.00 bits per heavy atom. The summed E-state index contributed by atoms with van der Waals surface area (Å²) in [5, 5.41) is 0. The Balaban J connectivity index is 3.03. The van der Waals surface area contributed by atoms with E-state index < -0.39 is 0 Å². The van der Waals surface area contributed by atoms with E-state index in [4.69, 9.17) is 0 Å². The molecule has 0 nitrogen and oxygen atoms in total. The topological polar surface area (TPSA) is 0 Å². The quantitative estimate of drug-likeness (QED) is 0.555. The van der Waals surface area contributed by atoms with Crippen LogP contribution in [0, 0.1) is 12.7 Å². The van der Waals surface area contributed by atoms with Crippen molar-refractivity contribution in [2.45, 2.75) is 0 Å².